The summed E-state index contributed by atoms with van der Waals surface area (Å²) in [4.78, 5) is 23.8. The van der Waals surface area contributed by atoms with Crippen LogP contribution in [0.5, 0.6) is 0 Å². The van der Waals surface area contributed by atoms with Gasteiger partial charge in [-0.25, -0.2) is 18.0 Å². The van der Waals surface area contributed by atoms with Crippen molar-refractivity contribution in [3.8, 4) is 0 Å². The van der Waals surface area contributed by atoms with E-state index in [-0.39, 0.29) is 31.8 Å². The fourth-order valence-corrected chi connectivity index (χ4v) is 4.71. The summed E-state index contributed by atoms with van der Waals surface area (Å²) in [6, 6.07) is 11.7. The molecule has 1 aliphatic heterocycles. The van der Waals surface area contributed by atoms with Crippen LogP contribution in [-0.4, -0.2) is 20.4 Å². The third kappa shape index (κ3) is 3.03. The number of esters is 2. The summed E-state index contributed by atoms with van der Waals surface area (Å²) in [7, 11) is -4.07. The first-order valence-corrected chi connectivity index (χ1v) is 9.81. The fourth-order valence-electron chi connectivity index (χ4n) is 2.91. The Hall–Kier alpha value is -2.61. The molecule has 0 spiro atoms. The molecule has 0 aliphatic carbocycles. The fraction of sp³-hybridized carbons (Fsp3) is 0. The molecule has 9 heteroatoms. The lowest BCUT2D eigenvalue weighted by molar-refractivity contribution is 0.0391. The Morgan fingerprint density at radius 1 is 0.889 bits per heavy atom. The molecule has 0 radical (unpaired) electrons. The number of benzene rings is 3. The molecule has 0 atom stereocenters. The highest BCUT2D eigenvalue weighted by Crippen LogP contribution is 2.33. The van der Waals surface area contributed by atoms with Crippen LogP contribution in [-0.2, 0) is 14.8 Å². The van der Waals surface area contributed by atoms with Crippen molar-refractivity contribution in [1.29, 1.82) is 0 Å². The molecule has 6 nitrogen and oxygen atoms in total. The van der Waals surface area contributed by atoms with Gasteiger partial charge in [-0.15, -0.1) is 0 Å². The van der Waals surface area contributed by atoms with E-state index in [1.165, 1.54) is 36.4 Å². The maximum atomic E-state index is 12.7. The van der Waals surface area contributed by atoms with Gasteiger partial charge in [0.2, 0.25) is 0 Å². The van der Waals surface area contributed by atoms with Crippen molar-refractivity contribution in [2.75, 3.05) is 4.72 Å². The van der Waals surface area contributed by atoms with Crippen LogP contribution < -0.4 is 4.72 Å². The first-order valence-electron chi connectivity index (χ1n) is 7.57. The first-order chi connectivity index (χ1) is 12.8. The van der Waals surface area contributed by atoms with Gasteiger partial charge in [0.25, 0.3) is 10.0 Å². The number of hydrogen-bond acceptors (Lipinski definition) is 5. The van der Waals surface area contributed by atoms with Gasteiger partial charge in [0.15, 0.2) is 0 Å². The molecular weight excluding hydrogens is 413 g/mol. The van der Waals surface area contributed by atoms with Crippen LogP contribution in [0.25, 0.3) is 10.8 Å². The highest BCUT2D eigenvalue weighted by molar-refractivity contribution is 7.92. The van der Waals surface area contributed by atoms with Gasteiger partial charge in [-0.1, -0.05) is 35.3 Å². The Morgan fingerprint density at radius 2 is 1.63 bits per heavy atom. The molecule has 27 heavy (non-hydrogen) atoms. The van der Waals surface area contributed by atoms with Gasteiger partial charge in [-0.05, 0) is 41.8 Å². The molecule has 0 unspecified atom stereocenters. The molecule has 4 rings (SSSR count). The number of carbonyl (C=O) groups is 2. The summed E-state index contributed by atoms with van der Waals surface area (Å²) in [5, 5.41) is 1.15. The van der Waals surface area contributed by atoms with Crippen molar-refractivity contribution in [1.82, 2.24) is 0 Å². The summed E-state index contributed by atoms with van der Waals surface area (Å²) < 4.78 is 32.5. The monoisotopic (exact) mass is 421 g/mol. The molecule has 0 amide bonds. The average Bonchev–Trinajstić information content (AvgIpc) is 2.61. The molecular formula is C18H9Cl2NO5S. The lowest BCUT2D eigenvalue weighted by Crippen LogP contribution is -2.20. The van der Waals surface area contributed by atoms with Gasteiger partial charge < -0.3 is 4.74 Å². The number of halogens is 2. The van der Waals surface area contributed by atoms with Gasteiger partial charge in [0, 0.05) is 10.4 Å². The van der Waals surface area contributed by atoms with Crippen LogP contribution in [0.15, 0.2) is 53.4 Å². The summed E-state index contributed by atoms with van der Waals surface area (Å²) in [6.07, 6.45) is 0. The molecule has 0 fully saturated rings. The molecule has 1 heterocycles. The number of sulfonamides is 1. The van der Waals surface area contributed by atoms with Gasteiger partial charge in [-0.2, -0.15) is 0 Å². The minimum absolute atomic E-state index is 0.00122. The molecule has 0 bridgehead atoms. The zero-order valence-electron chi connectivity index (χ0n) is 13.3. The Morgan fingerprint density at radius 3 is 2.41 bits per heavy atom. The van der Waals surface area contributed by atoms with Crippen molar-refractivity contribution in [2.45, 2.75) is 4.90 Å². The Balaban J connectivity index is 1.86. The number of cyclic esters (lactones) is 2. The number of hydrogen-bond donors (Lipinski definition) is 1. The highest BCUT2D eigenvalue weighted by atomic mass is 35.5. The van der Waals surface area contributed by atoms with Crippen molar-refractivity contribution < 1.29 is 22.7 Å². The Bertz CT molecular complexity index is 1250. The van der Waals surface area contributed by atoms with E-state index >= 15 is 0 Å². The van der Waals surface area contributed by atoms with Crippen LogP contribution >= 0.6 is 23.2 Å². The van der Waals surface area contributed by atoms with E-state index in [1.54, 1.807) is 12.1 Å². The standard InChI is InChI=1S/C18H9Cl2NO5S/c19-10-4-5-14(20)15(7-10)27(24,25)21-11-6-9-2-1-3-12-16(9)13(8-11)18(23)26-17(12)22/h1-8,21H. The predicted octanol–water partition coefficient (Wildman–Crippen LogP) is 4.26. The first kappa shape index (κ1) is 17.8. The van der Waals surface area contributed by atoms with Crippen molar-refractivity contribution in [3.05, 3.63) is 69.7 Å². The van der Waals surface area contributed by atoms with E-state index in [0.29, 0.717) is 10.8 Å². The van der Waals surface area contributed by atoms with Gasteiger partial charge in [0.05, 0.1) is 21.8 Å². The molecule has 1 aliphatic rings. The number of ether oxygens (including phenoxy) is 1. The van der Waals surface area contributed by atoms with Crippen LogP contribution in [0.1, 0.15) is 20.7 Å². The molecule has 3 aromatic carbocycles. The molecule has 0 aromatic heterocycles. The Kier molecular flexibility index (Phi) is 4.10. The lowest BCUT2D eigenvalue weighted by Gasteiger charge is -2.17. The van der Waals surface area contributed by atoms with E-state index in [2.05, 4.69) is 4.72 Å². The molecule has 136 valence electrons. The van der Waals surface area contributed by atoms with E-state index < -0.39 is 22.0 Å². The van der Waals surface area contributed by atoms with Crippen molar-refractivity contribution in [2.24, 2.45) is 0 Å². The summed E-state index contributed by atoms with van der Waals surface area (Å²) in [5.74, 6) is -1.58. The van der Waals surface area contributed by atoms with Crippen LogP contribution in [0.4, 0.5) is 5.69 Å². The highest BCUT2D eigenvalue weighted by Gasteiger charge is 2.28. The number of rotatable bonds is 3. The second kappa shape index (κ2) is 6.23. The van der Waals surface area contributed by atoms with Crippen LogP contribution in [0.3, 0.4) is 0 Å². The van der Waals surface area contributed by atoms with Crippen molar-refractivity contribution in [3.63, 3.8) is 0 Å². The maximum Gasteiger partial charge on any atom is 0.346 e. The molecule has 1 N–H and O–H groups in total. The van der Waals surface area contributed by atoms with Gasteiger partial charge in [0.1, 0.15) is 4.90 Å². The lowest BCUT2D eigenvalue weighted by atomic mass is 9.97. The second-order valence-corrected chi connectivity index (χ2v) is 8.28. The van der Waals surface area contributed by atoms with Gasteiger partial charge >= 0.3 is 11.9 Å². The zero-order valence-corrected chi connectivity index (χ0v) is 15.7. The van der Waals surface area contributed by atoms with Crippen LogP contribution in [0.2, 0.25) is 10.0 Å². The Labute approximate surface area is 163 Å². The van der Waals surface area contributed by atoms with E-state index in [4.69, 9.17) is 27.9 Å². The quantitative estimate of drug-likeness (QED) is 0.503. The third-order valence-corrected chi connectivity index (χ3v) is 6.14. The number of anilines is 1. The van der Waals surface area contributed by atoms with Gasteiger partial charge in [-0.3, -0.25) is 4.72 Å². The maximum absolute atomic E-state index is 12.7. The largest absolute Gasteiger partial charge is 0.386 e. The SMILES string of the molecule is O=C1OC(=O)c2cc(NS(=O)(=O)c3cc(Cl)ccc3Cl)cc3cccc1c23. The normalized spacial score (nSPS) is 13.6. The predicted molar refractivity (Wildman–Crippen MR) is 101 cm³/mol. The molecule has 0 saturated heterocycles. The smallest absolute Gasteiger partial charge is 0.346 e. The average molecular weight is 422 g/mol. The summed E-state index contributed by atoms with van der Waals surface area (Å²) in [6.45, 7) is 0. The topological polar surface area (TPSA) is 89.5 Å². The third-order valence-electron chi connectivity index (χ3n) is 4.04. The van der Waals surface area contributed by atoms with E-state index in [0.717, 1.165) is 0 Å². The number of nitrogens with one attached hydrogen (secondary N) is 1. The minimum atomic E-state index is -4.07. The second-order valence-electron chi connectivity index (χ2n) is 5.78. The summed E-state index contributed by atoms with van der Waals surface area (Å²) >= 11 is 11.8. The molecule has 3 aromatic rings. The summed E-state index contributed by atoms with van der Waals surface area (Å²) in [5.41, 5.74) is 0.462. The minimum Gasteiger partial charge on any atom is -0.386 e. The number of carbonyl (C=O) groups excluding carboxylic acids is 2. The molecule has 0 saturated carbocycles. The zero-order chi connectivity index (χ0) is 19.3. The van der Waals surface area contributed by atoms with E-state index in [9.17, 15) is 18.0 Å². The van der Waals surface area contributed by atoms with Crippen molar-refractivity contribution >= 4 is 61.6 Å². The van der Waals surface area contributed by atoms with Crippen LogP contribution in [0, 0.1) is 0 Å². The van der Waals surface area contributed by atoms with E-state index in [1.807, 2.05) is 0 Å².